The quantitative estimate of drug-likeness (QED) is 0.877. The summed E-state index contributed by atoms with van der Waals surface area (Å²) in [5.74, 6) is -1.34. The molecule has 0 aromatic heterocycles. The Balaban J connectivity index is 2.51. The number of thioether (sulfide) groups is 1. The Morgan fingerprint density at radius 3 is 2.32 bits per heavy atom. The lowest BCUT2D eigenvalue weighted by atomic mass is 10.2. The standard InChI is InChI=1S/C11H11F3O3S2/c12-11(13,14)18-5-6-19(17)9-3-1-8(2-4-9)7-10(15)16/h1-4H,5-7H2,(H,15,16). The van der Waals surface area contributed by atoms with Crippen LogP contribution in [0.25, 0.3) is 0 Å². The van der Waals surface area contributed by atoms with Crippen LogP contribution < -0.4 is 0 Å². The van der Waals surface area contributed by atoms with E-state index in [-0.39, 0.29) is 29.7 Å². The molecule has 0 fully saturated rings. The molecule has 1 aromatic carbocycles. The molecule has 1 aromatic rings. The van der Waals surface area contributed by atoms with Crippen molar-refractivity contribution >= 4 is 28.5 Å². The Hall–Kier alpha value is -1.02. The fourth-order valence-electron chi connectivity index (χ4n) is 1.28. The molecule has 19 heavy (non-hydrogen) atoms. The van der Waals surface area contributed by atoms with Crippen molar-refractivity contribution in [2.24, 2.45) is 0 Å². The number of rotatable bonds is 6. The summed E-state index contributed by atoms with van der Waals surface area (Å²) < 4.78 is 47.4. The summed E-state index contributed by atoms with van der Waals surface area (Å²) in [5.41, 5.74) is -3.76. The van der Waals surface area contributed by atoms with Gasteiger partial charge in [0.05, 0.1) is 17.2 Å². The average Bonchev–Trinajstić information content (AvgIpc) is 2.27. The van der Waals surface area contributed by atoms with E-state index in [0.29, 0.717) is 10.5 Å². The zero-order chi connectivity index (χ0) is 14.5. The molecule has 106 valence electrons. The van der Waals surface area contributed by atoms with Gasteiger partial charge in [-0.2, -0.15) is 13.2 Å². The Labute approximate surface area is 114 Å². The van der Waals surface area contributed by atoms with Crippen LogP contribution in [0.5, 0.6) is 0 Å². The minimum Gasteiger partial charge on any atom is -0.481 e. The number of alkyl halides is 3. The van der Waals surface area contributed by atoms with Crippen molar-refractivity contribution in [2.75, 3.05) is 11.5 Å². The lowest BCUT2D eigenvalue weighted by Gasteiger charge is -2.06. The van der Waals surface area contributed by atoms with Crippen LogP contribution in [-0.4, -0.2) is 32.3 Å². The zero-order valence-corrected chi connectivity index (χ0v) is 11.3. The van der Waals surface area contributed by atoms with Gasteiger partial charge in [-0.15, -0.1) is 0 Å². The molecule has 1 rings (SSSR count). The summed E-state index contributed by atoms with van der Waals surface area (Å²) >= 11 is -0.203. The molecule has 1 atom stereocenters. The van der Waals surface area contributed by atoms with E-state index >= 15 is 0 Å². The summed E-state index contributed by atoms with van der Waals surface area (Å²) in [7, 11) is -1.51. The number of carboxylic acid groups (broad SMARTS) is 1. The zero-order valence-electron chi connectivity index (χ0n) is 9.64. The molecule has 0 aliphatic rings. The molecule has 1 N–H and O–H groups in total. The van der Waals surface area contributed by atoms with Gasteiger partial charge >= 0.3 is 11.5 Å². The van der Waals surface area contributed by atoms with E-state index in [1.54, 1.807) is 0 Å². The van der Waals surface area contributed by atoms with Gasteiger partial charge in [-0.25, -0.2) is 0 Å². The third kappa shape index (κ3) is 6.63. The summed E-state index contributed by atoms with van der Waals surface area (Å²) in [4.78, 5) is 10.9. The minimum atomic E-state index is -4.31. The van der Waals surface area contributed by atoms with Crippen molar-refractivity contribution < 1.29 is 27.3 Å². The monoisotopic (exact) mass is 312 g/mol. The Kier molecular flexibility index (Phi) is 5.86. The molecular weight excluding hydrogens is 301 g/mol. The van der Waals surface area contributed by atoms with Crippen molar-refractivity contribution in [3.63, 3.8) is 0 Å². The largest absolute Gasteiger partial charge is 0.481 e. The fourth-order valence-corrected chi connectivity index (χ4v) is 3.13. The molecule has 0 saturated carbocycles. The number of hydrogen-bond acceptors (Lipinski definition) is 3. The predicted molar refractivity (Wildman–Crippen MR) is 67.6 cm³/mol. The first-order chi connectivity index (χ1) is 8.78. The number of hydrogen-bond donors (Lipinski definition) is 1. The van der Waals surface area contributed by atoms with Gasteiger partial charge in [0.1, 0.15) is 0 Å². The molecule has 1 unspecified atom stereocenters. The average molecular weight is 312 g/mol. The van der Waals surface area contributed by atoms with Crippen LogP contribution >= 0.6 is 11.8 Å². The van der Waals surface area contributed by atoms with Crippen molar-refractivity contribution in [3.8, 4) is 0 Å². The minimum absolute atomic E-state index is 0.0948. The normalized spacial score (nSPS) is 13.2. The van der Waals surface area contributed by atoms with Gasteiger partial charge in [-0.3, -0.25) is 9.00 Å². The highest BCUT2D eigenvalue weighted by Gasteiger charge is 2.27. The van der Waals surface area contributed by atoms with E-state index in [9.17, 15) is 22.2 Å². The number of benzene rings is 1. The molecular formula is C11H11F3O3S2. The fraction of sp³-hybridized carbons (Fsp3) is 0.364. The van der Waals surface area contributed by atoms with Crippen LogP contribution in [0.4, 0.5) is 13.2 Å². The van der Waals surface area contributed by atoms with Crippen molar-refractivity contribution in [1.82, 2.24) is 0 Å². The smallest absolute Gasteiger partial charge is 0.441 e. The van der Waals surface area contributed by atoms with Gasteiger partial charge in [0.15, 0.2) is 0 Å². The molecule has 0 aliphatic heterocycles. The molecule has 0 heterocycles. The highest BCUT2D eigenvalue weighted by Crippen LogP contribution is 2.30. The van der Waals surface area contributed by atoms with E-state index in [1.165, 1.54) is 24.3 Å². The van der Waals surface area contributed by atoms with Crippen LogP contribution in [-0.2, 0) is 22.0 Å². The molecule has 0 aliphatic carbocycles. The van der Waals surface area contributed by atoms with Gasteiger partial charge < -0.3 is 5.11 Å². The second-order valence-corrected chi connectivity index (χ2v) is 6.29. The lowest BCUT2D eigenvalue weighted by molar-refractivity contribution is -0.136. The summed E-state index contributed by atoms with van der Waals surface area (Å²) in [5, 5.41) is 8.57. The molecule has 0 amide bonds. The number of aliphatic carboxylic acids is 1. The van der Waals surface area contributed by atoms with Gasteiger partial charge in [0.25, 0.3) is 0 Å². The van der Waals surface area contributed by atoms with E-state index < -0.39 is 22.3 Å². The Morgan fingerprint density at radius 2 is 1.84 bits per heavy atom. The van der Waals surface area contributed by atoms with Gasteiger partial charge in [0, 0.05) is 16.4 Å². The number of carboxylic acids is 1. The molecule has 0 radical (unpaired) electrons. The van der Waals surface area contributed by atoms with Crippen LogP contribution in [0.1, 0.15) is 5.56 Å². The molecule has 8 heteroatoms. The summed E-state index contributed by atoms with van der Waals surface area (Å²) in [6, 6.07) is 5.98. The summed E-state index contributed by atoms with van der Waals surface area (Å²) in [6.07, 6.45) is -0.142. The second kappa shape index (κ2) is 6.95. The van der Waals surface area contributed by atoms with E-state index in [4.69, 9.17) is 5.11 Å². The van der Waals surface area contributed by atoms with Crippen LogP contribution in [0.2, 0.25) is 0 Å². The molecule has 3 nitrogen and oxygen atoms in total. The number of halogens is 3. The predicted octanol–water partition coefficient (Wildman–Crippen LogP) is 2.67. The molecule has 0 bridgehead atoms. The van der Waals surface area contributed by atoms with Crippen molar-refractivity contribution in [3.05, 3.63) is 29.8 Å². The third-order valence-electron chi connectivity index (χ3n) is 2.08. The van der Waals surface area contributed by atoms with Gasteiger partial charge in [-0.05, 0) is 17.7 Å². The second-order valence-electron chi connectivity index (χ2n) is 3.56. The van der Waals surface area contributed by atoms with Crippen LogP contribution in [0.15, 0.2) is 29.2 Å². The van der Waals surface area contributed by atoms with Crippen LogP contribution in [0, 0.1) is 0 Å². The summed E-state index contributed by atoms with van der Waals surface area (Å²) in [6.45, 7) is 0. The van der Waals surface area contributed by atoms with Gasteiger partial charge in [0.2, 0.25) is 0 Å². The van der Waals surface area contributed by atoms with E-state index in [0.717, 1.165) is 0 Å². The molecule has 0 spiro atoms. The van der Waals surface area contributed by atoms with Crippen molar-refractivity contribution in [1.29, 1.82) is 0 Å². The SMILES string of the molecule is O=C(O)Cc1ccc(S(=O)CCSC(F)(F)F)cc1. The van der Waals surface area contributed by atoms with E-state index in [2.05, 4.69) is 0 Å². The van der Waals surface area contributed by atoms with Gasteiger partial charge in [-0.1, -0.05) is 23.9 Å². The van der Waals surface area contributed by atoms with Crippen molar-refractivity contribution in [2.45, 2.75) is 16.8 Å². The topological polar surface area (TPSA) is 54.4 Å². The van der Waals surface area contributed by atoms with E-state index in [1.807, 2.05) is 0 Å². The third-order valence-corrected chi connectivity index (χ3v) is 4.44. The first-order valence-electron chi connectivity index (χ1n) is 5.18. The Morgan fingerprint density at radius 1 is 1.26 bits per heavy atom. The highest BCUT2D eigenvalue weighted by atomic mass is 32.2. The maximum Gasteiger partial charge on any atom is 0.441 e. The lowest BCUT2D eigenvalue weighted by Crippen LogP contribution is -2.07. The Bertz CT molecular complexity index is 457. The maximum absolute atomic E-state index is 11.9. The van der Waals surface area contributed by atoms with Crippen LogP contribution in [0.3, 0.4) is 0 Å². The first kappa shape index (κ1) is 16.0. The molecule has 0 saturated heterocycles. The number of carbonyl (C=O) groups is 1. The maximum atomic E-state index is 11.9. The first-order valence-corrected chi connectivity index (χ1v) is 7.48. The highest BCUT2D eigenvalue weighted by molar-refractivity contribution is 8.00.